The van der Waals surface area contributed by atoms with Gasteiger partial charge < -0.3 is 15.2 Å². The van der Waals surface area contributed by atoms with E-state index in [1.54, 1.807) is 0 Å². The summed E-state index contributed by atoms with van der Waals surface area (Å²) in [6.07, 6.45) is 0.506. The van der Waals surface area contributed by atoms with Gasteiger partial charge in [-0.25, -0.2) is 0 Å². The summed E-state index contributed by atoms with van der Waals surface area (Å²) in [6, 6.07) is 17.8. The summed E-state index contributed by atoms with van der Waals surface area (Å²) in [7, 11) is 0. The van der Waals surface area contributed by atoms with Crippen LogP contribution in [0.25, 0.3) is 0 Å². The molecule has 92 valence electrons. The van der Waals surface area contributed by atoms with Crippen molar-refractivity contribution in [3.8, 4) is 5.75 Å². The van der Waals surface area contributed by atoms with Gasteiger partial charge in [-0.1, -0.05) is 42.5 Å². The third kappa shape index (κ3) is 1.73. The molecular weight excluding hydrogens is 226 g/mol. The number of rotatable bonds is 3. The normalized spacial score (nSPS) is 20.9. The molecule has 3 nitrogen and oxygen atoms in total. The highest BCUT2D eigenvalue weighted by Crippen LogP contribution is 2.43. The van der Waals surface area contributed by atoms with Crippen molar-refractivity contribution in [1.82, 2.24) is 0 Å². The van der Waals surface area contributed by atoms with E-state index in [1.807, 2.05) is 54.6 Å². The molecule has 2 aromatic rings. The van der Waals surface area contributed by atoms with Crippen LogP contribution in [0, 0.1) is 0 Å². The maximum atomic E-state index is 9.31. The van der Waals surface area contributed by atoms with Crippen LogP contribution < -0.4 is 10.1 Å². The lowest BCUT2D eigenvalue weighted by molar-refractivity contribution is 0.0815. The second-order valence-corrected chi connectivity index (χ2v) is 4.39. The number of para-hydroxylation sites is 2. The molecule has 18 heavy (non-hydrogen) atoms. The Kier molecular flexibility index (Phi) is 2.68. The van der Waals surface area contributed by atoms with E-state index in [9.17, 15) is 5.11 Å². The molecule has 1 unspecified atom stereocenters. The summed E-state index contributed by atoms with van der Waals surface area (Å²) in [6.45, 7) is 0.0654. The average Bonchev–Trinajstić information content (AvgIpc) is 2.79. The van der Waals surface area contributed by atoms with Crippen LogP contribution in [0.3, 0.4) is 0 Å². The lowest BCUT2D eigenvalue weighted by Crippen LogP contribution is -2.38. The van der Waals surface area contributed by atoms with Crippen LogP contribution in [-0.4, -0.2) is 11.7 Å². The summed E-state index contributed by atoms with van der Waals surface area (Å²) in [5.74, 6) is 0.829. The SMILES string of the molecule is OCCC1(c2ccccc2)Nc2ccccc2O1. The molecule has 0 saturated carbocycles. The molecule has 1 aliphatic heterocycles. The molecule has 2 aromatic carbocycles. The van der Waals surface area contributed by atoms with E-state index >= 15 is 0 Å². The van der Waals surface area contributed by atoms with Crippen molar-refractivity contribution < 1.29 is 9.84 Å². The van der Waals surface area contributed by atoms with Gasteiger partial charge in [-0.05, 0) is 12.1 Å². The Labute approximate surface area is 106 Å². The molecule has 3 heteroatoms. The fourth-order valence-electron chi connectivity index (χ4n) is 2.34. The van der Waals surface area contributed by atoms with E-state index in [0.29, 0.717) is 6.42 Å². The lowest BCUT2D eigenvalue weighted by atomic mass is 10.00. The van der Waals surface area contributed by atoms with E-state index in [1.165, 1.54) is 0 Å². The minimum Gasteiger partial charge on any atom is -0.462 e. The van der Waals surface area contributed by atoms with Crippen LogP contribution in [0.5, 0.6) is 5.75 Å². The van der Waals surface area contributed by atoms with Crippen LogP contribution in [0.4, 0.5) is 5.69 Å². The van der Waals surface area contributed by atoms with Gasteiger partial charge >= 0.3 is 0 Å². The highest BCUT2D eigenvalue weighted by molar-refractivity contribution is 5.62. The highest BCUT2D eigenvalue weighted by Gasteiger charge is 2.39. The number of aliphatic hydroxyl groups is 1. The summed E-state index contributed by atoms with van der Waals surface area (Å²) in [5, 5.41) is 12.7. The van der Waals surface area contributed by atoms with Gasteiger partial charge in [0, 0.05) is 18.6 Å². The second-order valence-electron chi connectivity index (χ2n) is 4.39. The molecule has 1 aliphatic rings. The van der Waals surface area contributed by atoms with Gasteiger partial charge in [0.2, 0.25) is 5.72 Å². The van der Waals surface area contributed by atoms with E-state index in [4.69, 9.17) is 4.74 Å². The number of anilines is 1. The first-order valence-electron chi connectivity index (χ1n) is 6.07. The second kappa shape index (κ2) is 4.35. The highest BCUT2D eigenvalue weighted by atomic mass is 16.5. The molecule has 1 atom stereocenters. The van der Waals surface area contributed by atoms with E-state index in [-0.39, 0.29) is 6.61 Å². The smallest absolute Gasteiger partial charge is 0.209 e. The zero-order valence-electron chi connectivity index (χ0n) is 9.97. The molecule has 0 radical (unpaired) electrons. The first-order valence-corrected chi connectivity index (χ1v) is 6.07. The fourth-order valence-corrected chi connectivity index (χ4v) is 2.34. The Hall–Kier alpha value is -2.00. The fraction of sp³-hybridized carbons (Fsp3) is 0.200. The molecule has 0 saturated heterocycles. The molecule has 0 spiro atoms. The number of aliphatic hydroxyl groups excluding tert-OH is 1. The van der Waals surface area contributed by atoms with E-state index in [2.05, 4.69) is 5.32 Å². The third-order valence-corrected chi connectivity index (χ3v) is 3.21. The Morgan fingerprint density at radius 3 is 2.44 bits per heavy atom. The number of benzene rings is 2. The minimum absolute atomic E-state index is 0.0654. The molecule has 0 bridgehead atoms. The first kappa shape index (κ1) is 11.1. The van der Waals surface area contributed by atoms with Crippen molar-refractivity contribution >= 4 is 5.69 Å². The molecule has 0 amide bonds. The molecule has 1 heterocycles. The van der Waals surface area contributed by atoms with Gasteiger partial charge in [0.1, 0.15) is 5.75 Å². The van der Waals surface area contributed by atoms with Crippen molar-refractivity contribution in [3.05, 3.63) is 60.2 Å². The summed E-state index contributed by atoms with van der Waals surface area (Å²) in [4.78, 5) is 0. The van der Waals surface area contributed by atoms with Crippen LogP contribution in [0.1, 0.15) is 12.0 Å². The zero-order valence-corrected chi connectivity index (χ0v) is 9.97. The van der Waals surface area contributed by atoms with Crippen molar-refractivity contribution in [2.45, 2.75) is 12.1 Å². The quantitative estimate of drug-likeness (QED) is 0.868. The van der Waals surface area contributed by atoms with E-state index in [0.717, 1.165) is 17.0 Å². The number of fused-ring (bicyclic) bond motifs is 1. The number of hydrogen-bond donors (Lipinski definition) is 2. The van der Waals surface area contributed by atoms with Crippen LogP contribution in [0.2, 0.25) is 0 Å². The third-order valence-electron chi connectivity index (χ3n) is 3.21. The van der Waals surface area contributed by atoms with Gasteiger partial charge in [-0.2, -0.15) is 0 Å². The lowest BCUT2D eigenvalue weighted by Gasteiger charge is -2.29. The van der Waals surface area contributed by atoms with Gasteiger partial charge in [-0.15, -0.1) is 0 Å². The zero-order chi connectivity index (χ0) is 12.4. The Morgan fingerprint density at radius 1 is 1.00 bits per heavy atom. The van der Waals surface area contributed by atoms with Gasteiger partial charge in [0.05, 0.1) is 5.69 Å². The Bertz CT molecular complexity index is 514. The van der Waals surface area contributed by atoms with Crippen LogP contribution >= 0.6 is 0 Å². The summed E-state index contributed by atoms with van der Waals surface area (Å²) >= 11 is 0. The van der Waals surface area contributed by atoms with Gasteiger partial charge in [-0.3, -0.25) is 0 Å². The van der Waals surface area contributed by atoms with Gasteiger partial charge in [0.25, 0.3) is 0 Å². The maximum absolute atomic E-state index is 9.31. The minimum atomic E-state index is -0.653. The largest absolute Gasteiger partial charge is 0.462 e. The van der Waals surface area contributed by atoms with E-state index < -0.39 is 5.72 Å². The van der Waals surface area contributed by atoms with Crippen molar-refractivity contribution in [2.75, 3.05) is 11.9 Å². The first-order chi connectivity index (χ1) is 8.84. The van der Waals surface area contributed by atoms with Crippen molar-refractivity contribution in [1.29, 1.82) is 0 Å². The molecule has 0 aliphatic carbocycles. The number of hydrogen-bond acceptors (Lipinski definition) is 3. The standard InChI is InChI=1S/C15H15NO2/c17-11-10-15(12-6-2-1-3-7-12)16-13-8-4-5-9-14(13)18-15/h1-9,16-17H,10-11H2. The predicted molar refractivity (Wildman–Crippen MR) is 70.5 cm³/mol. The topological polar surface area (TPSA) is 41.5 Å². The van der Waals surface area contributed by atoms with Gasteiger partial charge in [0.15, 0.2) is 0 Å². The molecule has 2 N–H and O–H groups in total. The average molecular weight is 241 g/mol. The predicted octanol–water partition coefficient (Wildman–Crippen LogP) is 2.73. The Morgan fingerprint density at radius 2 is 1.72 bits per heavy atom. The number of ether oxygens (including phenoxy) is 1. The molecule has 0 aromatic heterocycles. The van der Waals surface area contributed by atoms with Crippen LogP contribution in [-0.2, 0) is 5.72 Å². The van der Waals surface area contributed by atoms with Crippen LogP contribution in [0.15, 0.2) is 54.6 Å². The molecule has 3 rings (SSSR count). The summed E-state index contributed by atoms with van der Waals surface area (Å²) in [5.41, 5.74) is 1.34. The molecular formula is C15H15NO2. The summed E-state index contributed by atoms with van der Waals surface area (Å²) < 4.78 is 6.05. The number of nitrogens with one attached hydrogen (secondary N) is 1. The van der Waals surface area contributed by atoms with Crippen molar-refractivity contribution in [2.24, 2.45) is 0 Å². The maximum Gasteiger partial charge on any atom is 0.209 e. The van der Waals surface area contributed by atoms with Crippen molar-refractivity contribution in [3.63, 3.8) is 0 Å². The monoisotopic (exact) mass is 241 g/mol. The molecule has 0 fully saturated rings. The Balaban J connectivity index is 2.02.